The van der Waals surface area contributed by atoms with Gasteiger partial charge in [-0.25, -0.2) is 0 Å². The molecule has 0 fully saturated rings. The van der Waals surface area contributed by atoms with Gasteiger partial charge in [-0.3, -0.25) is 0 Å². The minimum atomic E-state index is 0.896. The molecule has 0 amide bonds. The van der Waals surface area contributed by atoms with Crippen LogP contribution in [0, 0.1) is 0 Å². The molecule has 306 valence electrons. The predicted molar refractivity (Wildman–Crippen MR) is 284 cm³/mol. The Bertz CT molecular complexity index is 4160. The Morgan fingerprint density at radius 1 is 0.242 bits per heavy atom. The quantitative estimate of drug-likeness (QED) is 0.157. The van der Waals surface area contributed by atoms with Crippen LogP contribution in [0.3, 0.4) is 0 Å². The zero-order valence-electron chi connectivity index (χ0n) is 35.8. The van der Waals surface area contributed by atoms with Gasteiger partial charge in [-0.05, 0) is 141 Å². The molecule has 0 saturated heterocycles. The van der Waals surface area contributed by atoms with Crippen molar-refractivity contribution < 1.29 is 4.42 Å². The summed E-state index contributed by atoms with van der Waals surface area (Å²) in [5.41, 5.74) is 14.1. The lowest BCUT2D eigenvalue weighted by Gasteiger charge is -2.19. The lowest BCUT2D eigenvalue weighted by Crippen LogP contribution is -1.91. The molecule has 12 aromatic carbocycles. The summed E-state index contributed by atoms with van der Waals surface area (Å²) in [5.74, 6) is 0. The number of fused-ring (bicyclic) bond motifs is 10. The van der Waals surface area contributed by atoms with Crippen molar-refractivity contribution in [2.45, 2.75) is 0 Å². The van der Waals surface area contributed by atoms with E-state index in [9.17, 15) is 0 Å². The Labute approximate surface area is 385 Å². The monoisotopic (exact) mass is 854 g/mol. The molecule has 2 heterocycles. The summed E-state index contributed by atoms with van der Waals surface area (Å²) in [6.07, 6.45) is 0. The van der Waals surface area contributed by atoms with Gasteiger partial charge in [-0.1, -0.05) is 188 Å². The van der Waals surface area contributed by atoms with Gasteiger partial charge in [0.15, 0.2) is 0 Å². The first-order valence-electron chi connectivity index (χ1n) is 22.7. The van der Waals surface area contributed by atoms with Crippen molar-refractivity contribution >= 4 is 96.5 Å². The van der Waals surface area contributed by atoms with Crippen LogP contribution in [0.25, 0.3) is 141 Å². The first-order chi connectivity index (χ1) is 32.7. The average molecular weight is 855 g/mol. The summed E-state index contributed by atoms with van der Waals surface area (Å²) in [5, 5.41) is 14.9. The molecule has 14 aromatic rings. The highest BCUT2D eigenvalue weighted by Gasteiger charge is 2.22. The average Bonchev–Trinajstić information content (AvgIpc) is 3.95. The fourth-order valence-corrected chi connectivity index (χ4v) is 12.1. The summed E-state index contributed by atoms with van der Waals surface area (Å²) >= 11 is 1.89. The van der Waals surface area contributed by atoms with E-state index >= 15 is 0 Å². The minimum Gasteiger partial charge on any atom is -0.456 e. The third kappa shape index (κ3) is 5.59. The molecule has 0 aliphatic rings. The highest BCUT2D eigenvalue weighted by atomic mass is 32.1. The van der Waals surface area contributed by atoms with Crippen molar-refractivity contribution in [1.82, 2.24) is 0 Å². The molecule has 0 aliphatic heterocycles. The molecule has 0 bridgehead atoms. The minimum absolute atomic E-state index is 0.896. The number of furan rings is 1. The summed E-state index contributed by atoms with van der Waals surface area (Å²) in [4.78, 5) is 0. The molecule has 0 N–H and O–H groups in total. The standard InChI is InChI=1S/C64H38OS/c1-3-16-39(17-4-1)41-30-33-56-53(36-41)54-37-42(31-34-57(54)65-56)61-48-24-11-13-26-50(48)63(51-27-14-12-25-49(51)61)52-28-15-29-59-64(52)55-38-43(32-35-58(55)66-59)62-46-22-9-7-20-44(46)60(40-18-5-2-6-19-40)45-21-8-10-23-47(45)62/h1-38H. The molecule has 0 aliphatic carbocycles. The van der Waals surface area contributed by atoms with Crippen LogP contribution < -0.4 is 0 Å². The van der Waals surface area contributed by atoms with Crippen molar-refractivity contribution in [3.8, 4) is 55.6 Å². The van der Waals surface area contributed by atoms with Crippen LogP contribution >= 0.6 is 11.3 Å². The molecule has 1 nitrogen and oxygen atoms in total. The largest absolute Gasteiger partial charge is 0.456 e. The third-order valence-corrected chi connectivity index (χ3v) is 15.0. The second-order valence-electron chi connectivity index (χ2n) is 17.4. The molecule has 0 spiro atoms. The van der Waals surface area contributed by atoms with Crippen molar-refractivity contribution in [3.63, 3.8) is 0 Å². The molecular formula is C64H38OS. The Morgan fingerprint density at radius 3 is 1.18 bits per heavy atom. The van der Waals surface area contributed by atoms with Crippen LogP contribution in [-0.2, 0) is 0 Å². The molecule has 2 aromatic heterocycles. The Morgan fingerprint density at radius 2 is 0.652 bits per heavy atom. The van der Waals surface area contributed by atoms with Gasteiger partial charge in [0.25, 0.3) is 0 Å². The molecular weight excluding hydrogens is 817 g/mol. The fraction of sp³-hybridized carbons (Fsp3) is 0. The number of rotatable bonds is 5. The van der Waals surface area contributed by atoms with Crippen LogP contribution in [0.15, 0.2) is 235 Å². The van der Waals surface area contributed by atoms with Gasteiger partial charge in [0.05, 0.1) is 0 Å². The van der Waals surface area contributed by atoms with Gasteiger partial charge in [0.1, 0.15) is 11.2 Å². The van der Waals surface area contributed by atoms with Gasteiger partial charge in [-0.15, -0.1) is 11.3 Å². The van der Waals surface area contributed by atoms with Crippen LogP contribution in [-0.4, -0.2) is 0 Å². The van der Waals surface area contributed by atoms with Gasteiger partial charge in [0, 0.05) is 30.9 Å². The van der Waals surface area contributed by atoms with E-state index < -0.39 is 0 Å². The van der Waals surface area contributed by atoms with E-state index in [2.05, 4.69) is 231 Å². The number of hydrogen-bond donors (Lipinski definition) is 0. The van der Waals surface area contributed by atoms with E-state index in [4.69, 9.17) is 4.42 Å². The molecule has 0 atom stereocenters. The Hall–Kier alpha value is -8.30. The van der Waals surface area contributed by atoms with E-state index in [0.717, 1.165) is 21.9 Å². The van der Waals surface area contributed by atoms with Crippen molar-refractivity contribution in [2.75, 3.05) is 0 Å². The highest BCUT2D eigenvalue weighted by Crippen LogP contribution is 2.50. The molecule has 14 rings (SSSR count). The first-order valence-corrected chi connectivity index (χ1v) is 23.5. The van der Waals surface area contributed by atoms with Crippen molar-refractivity contribution in [2.24, 2.45) is 0 Å². The molecule has 66 heavy (non-hydrogen) atoms. The van der Waals surface area contributed by atoms with Crippen LogP contribution in [0.1, 0.15) is 0 Å². The fourth-order valence-electron chi connectivity index (χ4n) is 11.0. The van der Waals surface area contributed by atoms with Crippen molar-refractivity contribution in [1.29, 1.82) is 0 Å². The molecule has 0 unspecified atom stereocenters. The molecule has 0 radical (unpaired) electrons. The lowest BCUT2D eigenvalue weighted by atomic mass is 9.84. The van der Waals surface area contributed by atoms with E-state index in [1.165, 1.54) is 119 Å². The maximum Gasteiger partial charge on any atom is 0.135 e. The van der Waals surface area contributed by atoms with Crippen LogP contribution in [0.5, 0.6) is 0 Å². The summed E-state index contributed by atoms with van der Waals surface area (Å²) < 4.78 is 9.04. The van der Waals surface area contributed by atoms with E-state index in [0.29, 0.717) is 0 Å². The number of benzene rings is 12. The highest BCUT2D eigenvalue weighted by molar-refractivity contribution is 7.26. The molecule has 2 heteroatoms. The molecule has 0 saturated carbocycles. The second kappa shape index (κ2) is 14.6. The Balaban J connectivity index is 1.00. The van der Waals surface area contributed by atoms with Crippen molar-refractivity contribution in [3.05, 3.63) is 231 Å². The predicted octanol–water partition coefficient (Wildman–Crippen LogP) is 18.9. The number of hydrogen-bond acceptors (Lipinski definition) is 2. The Kier molecular flexibility index (Phi) is 8.22. The smallest absolute Gasteiger partial charge is 0.135 e. The third-order valence-electron chi connectivity index (χ3n) is 13.8. The van der Waals surface area contributed by atoms with Crippen LogP contribution in [0.4, 0.5) is 0 Å². The van der Waals surface area contributed by atoms with Crippen LogP contribution in [0.2, 0.25) is 0 Å². The number of thiophene rings is 1. The maximum atomic E-state index is 6.46. The van der Waals surface area contributed by atoms with Gasteiger partial charge >= 0.3 is 0 Å². The summed E-state index contributed by atoms with van der Waals surface area (Å²) in [7, 11) is 0. The van der Waals surface area contributed by atoms with Gasteiger partial charge in [-0.2, -0.15) is 0 Å². The normalized spacial score (nSPS) is 11.9. The SMILES string of the molecule is c1ccc(-c2ccc3oc4ccc(-c5c6ccccc6c(-c6cccc7sc8ccc(-c9c%10ccccc%10c(-c%10ccccc%10)c%10ccccc9%10)cc8c67)c6ccccc56)cc4c3c2)cc1. The van der Waals surface area contributed by atoms with E-state index in [-0.39, 0.29) is 0 Å². The van der Waals surface area contributed by atoms with E-state index in [1.807, 2.05) is 11.3 Å². The lowest BCUT2D eigenvalue weighted by molar-refractivity contribution is 0.669. The topological polar surface area (TPSA) is 13.1 Å². The zero-order valence-corrected chi connectivity index (χ0v) is 36.6. The second-order valence-corrected chi connectivity index (χ2v) is 18.5. The maximum absolute atomic E-state index is 6.46. The zero-order chi connectivity index (χ0) is 43.3. The van der Waals surface area contributed by atoms with E-state index in [1.54, 1.807) is 0 Å². The summed E-state index contributed by atoms with van der Waals surface area (Å²) in [6, 6.07) is 84.8. The summed E-state index contributed by atoms with van der Waals surface area (Å²) in [6.45, 7) is 0. The first kappa shape index (κ1) is 37.1. The van der Waals surface area contributed by atoms with Gasteiger partial charge < -0.3 is 4.42 Å². The van der Waals surface area contributed by atoms with Gasteiger partial charge in [0.2, 0.25) is 0 Å².